The van der Waals surface area contributed by atoms with Gasteiger partial charge in [-0.2, -0.15) is 0 Å². The number of hydrogen-bond acceptors (Lipinski definition) is 5. The van der Waals surface area contributed by atoms with Gasteiger partial charge in [-0.25, -0.2) is 0 Å². The first kappa shape index (κ1) is 24.0. The van der Waals surface area contributed by atoms with Crippen LogP contribution in [0.4, 0.5) is 0 Å². The SMILES string of the molecule is CC(C)N[C@]1(C)CCC=CCN(C)CCC[C@@](C)(C(=O)C(C)C)NCC1=O. The molecule has 2 atom stereocenters. The number of Topliss-reactive ketones (excluding diaryl/α,β-unsaturated/α-hetero) is 2. The number of hydrogen-bond donors (Lipinski definition) is 2. The van der Waals surface area contributed by atoms with Gasteiger partial charge < -0.3 is 10.2 Å². The molecule has 1 aliphatic heterocycles. The number of carbonyl (C=O) groups excluding carboxylic acids is 2. The molecular weight excluding hydrogens is 338 g/mol. The van der Waals surface area contributed by atoms with Crippen LogP contribution in [-0.2, 0) is 9.59 Å². The second-order valence-electron chi connectivity index (χ2n) is 9.13. The van der Waals surface area contributed by atoms with Crippen LogP contribution in [0.3, 0.4) is 0 Å². The number of likely N-dealkylation sites (N-methyl/N-ethyl adjacent to an activating group) is 1. The summed E-state index contributed by atoms with van der Waals surface area (Å²) in [6.45, 7) is 14.0. The monoisotopic (exact) mass is 379 g/mol. The summed E-state index contributed by atoms with van der Waals surface area (Å²) in [6.07, 6.45) is 7.62. The first-order chi connectivity index (χ1) is 12.5. The third-order valence-electron chi connectivity index (χ3n) is 5.54. The van der Waals surface area contributed by atoms with Crippen molar-refractivity contribution in [1.82, 2.24) is 15.5 Å². The Balaban J connectivity index is 3.07. The minimum Gasteiger partial charge on any atom is -0.303 e. The molecule has 27 heavy (non-hydrogen) atoms. The van der Waals surface area contributed by atoms with Gasteiger partial charge in [-0.05, 0) is 67.0 Å². The molecule has 5 nitrogen and oxygen atoms in total. The van der Waals surface area contributed by atoms with E-state index in [4.69, 9.17) is 0 Å². The molecule has 0 saturated carbocycles. The molecule has 0 unspecified atom stereocenters. The average Bonchev–Trinajstić information content (AvgIpc) is 2.57. The number of ketones is 2. The van der Waals surface area contributed by atoms with Crippen LogP contribution in [0, 0.1) is 5.92 Å². The summed E-state index contributed by atoms with van der Waals surface area (Å²) >= 11 is 0. The smallest absolute Gasteiger partial charge is 0.166 e. The molecule has 5 heteroatoms. The van der Waals surface area contributed by atoms with Crippen molar-refractivity contribution in [3.63, 3.8) is 0 Å². The first-order valence-corrected chi connectivity index (χ1v) is 10.4. The van der Waals surface area contributed by atoms with Crippen molar-refractivity contribution in [1.29, 1.82) is 0 Å². The second-order valence-corrected chi connectivity index (χ2v) is 9.13. The highest BCUT2D eigenvalue weighted by Gasteiger charge is 2.37. The van der Waals surface area contributed by atoms with Crippen LogP contribution in [0.15, 0.2) is 12.2 Å². The zero-order valence-corrected chi connectivity index (χ0v) is 18.5. The van der Waals surface area contributed by atoms with Gasteiger partial charge in [0, 0.05) is 18.5 Å². The van der Waals surface area contributed by atoms with Crippen LogP contribution in [0.25, 0.3) is 0 Å². The summed E-state index contributed by atoms with van der Waals surface area (Å²) < 4.78 is 0. The van der Waals surface area contributed by atoms with Crippen molar-refractivity contribution >= 4 is 11.6 Å². The Morgan fingerprint density at radius 3 is 2.44 bits per heavy atom. The topological polar surface area (TPSA) is 61.4 Å². The normalized spacial score (nSPS) is 29.9. The highest BCUT2D eigenvalue weighted by Crippen LogP contribution is 2.21. The number of nitrogens with one attached hydrogen (secondary N) is 2. The molecule has 0 bridgehead atoms. The molecule has 156 valence electrons. The third kappa shape index (κ3) is 7.47. The molecule has 0 aromatic rings. The Labute approximate surface area is 166 Å². The Morgan fingerprint density at radius 1 is 1.19 bits per heavy atom. The number of nitrogens with zero attached hydrogens (tertiary/aromatic N) is 1. The lowest BCUT2D eigenvalue weighted by molar-refractivity contribution is -0.129. The summed E-state index contributed by atoms with van der Waals surface area (Å²) in [5.74, 6) is 0.252. The quantitative estimate of drug-likeness (QED) is 0.736. The molecule has 1 rings (SSSR count). The second kappa shape index (κ2) is 10.5. The van der Waals surface area contributed by atoms with Crippen molar-refractivity contribution in [2.75, 3.05) is 26.7 Å². The Morgan fingerprint density at radius 2 is 1.85 bits per heavy atom. The van der Waals surface area contributed by atoms with Crippen LogP contribution >= 0.6 is 0 Å². The van der Waals surface area contributed by atoms with E-state index in [1.54, 1.807) is 0 Å². The van der Waals surface area contributed by atoms with Gasteiger partial charge in [-0.3, -0.25) is 14.9 Å². The van der Waals surface area contributed by atoms with Crippen LogP contribution in [0.2, 0.25) is 0 Å². The van der Waals surface area contributed by atoms with Crippen molar-refractivity contribution in [2.45, 2.75) is 84.3 Å². The lowest BCUT2D eigenvalue weighted by Gasteiger charge is -2.35. The predicted octanol–water partition coefficient (Wildman–Crippen LogP) is 2.95. The van der Waals surface area contributed by atoms with Gasteiger partial charge in [0.2, 0.25) is 0 Å². The summed E-state index contributed by atoms with van der Waals surface area (Å²) in [5.41, 5.74) is -1.26. The fraction of sp³-hybridized carbons (Fsp3) is 0.818. The van der Waals surface area contributed by atoms with Gasteiger partial charge in [0.1, 0.15) is 0 Å². The summed E-state index contributed by atoms with van der Waals surface area (Å²) in [4.78, 5) is 28.3. The summed E-state index contributed by atoms with van der Waals surface area (Å²) in [7, 11) is 2.11. The van der Waals surface area contributed by atoms with Gasteiger partial charge in [0.25, 0.3) is 0 Å². The molecule has 0 radical (unpaired) electrons. The van der Waals surface area contributed by atoms with E-state index in [0.29, 0.717) is 0 Å². The molecule has 0 fully saturated rings. The highest BCUT2D eigenvalue weighted by molar-refractivity contribution is 5.93. The van der Waals surface area contributed by atoms with Gasteiger partial charge in [0.05, 0.1) is 17.6 Å². The number of rotatable bonds is 4. The van der Waals surface area contributed by atoms with E-state index in [0.717, 1.165) is 38.8 Å². The fourth-order valence-electron chi connectivity index (χ4n) is 3.87. The van der Waals surface area contributed by atoms with Gasteiger partial charge >= 0.3 is 0 Å². The minimum absolute atomic E-state index is 0.0580. The first-order valence-electron chi connectivity index (χ1n) is 10.4. The van der Waals surface area contributed by atoms with Gasteiger partial charge in [0.15, 0.2) is 11.6 Å². The molecule has 0 aromatic carbocycles. The molecule has 0 amide bonds. The maximum Gasteiger partial charge on any atom is 0.166 e. The molecule has 0 saturated heterocycles. The Kier molecular flexibility index (Phi) is 9.32. The van der Waals surface area contributed by atoms with E-state index >= 15 is 0 Å². The molecule has 0 aliphatic carbocycles. The van der Waals surface area contributed by atoms with E-state index in [1.165, 1.54) is 0 Å². The number of allylic oxidation sites excluding steroid dienone is 1. The molecular formula is C22H41N3O2. The number of carbonyl (C=O) groups is 2. The van der Waals surface area contributed by atoms with E-state index in [9.17, 15) is 9.59 Å². The maximum absolute atomic E-state index is 13.1. The third-order valence-corrected chi connectivity index (χ3v) is 5.54. The molecule has 2 N–H and O–H groups in total. The van der Waals surface area contributed by atoms with E-state index < -0.39 is 11.1 Å². The van der Waals surface area contributed by atoms with Crippen molar-refractivity contribution in [3.05, 3.63) is 12.2 Å². The van der Waals surface area contributed by atoms with E-state index in [1.807, 2.05) is 27.7 Å². The fourth-order valence-corrected chi connectivity index (χ4v) is 3.87. The highest BCUT2D eigenvalue weighted by atomic mass is 16.1. The van der Waals surface area contributed by atoms with Gasteiger partial charge in [-0.1, -0.05) is 26.0 Å². The van der Waals surface area contributed by atoms with Crippen LogP contribution < -0.4 is 10.6 Å². The lowest BCUT2D eigenvalue weighted by atomic mass is 9.83. The largest absolute Gasteiger partial charge is 0.303 e. The zero-order valence-electron chi connectivity index (χ0n) is 18.5. The Bertz CT molecular complexity index is 530. The minimum atomic E-state index is -0.663. The Hall–Kier alpha value is -1.04. The maximum atomic E-state index is 13.1. The molecule has 0 spiro atoms. The van der Waals surface area contributed by atoms with Crippen LogP contribution in [-0.4, -0.2) is 60.3 Å². The molecule has 1 heterocycles. The molecule has 0 aromatic heterocycles. The summed E-state index contributed by atoms with van der Waals surface area (Å²) in [5, 5.41) is 6.81. The molecule has 1 aliphatic rings. The lowest BCUT2D eigenvalue weighted by Crippen LogP contribution is -2.59. The zero-order chi connectivity index (χ0) is 20.7. The van der Waals surface area contributed by atoms with Crippen molar-refractivity contribution < 1.29 is 9.59 Å². The van der Waals surface area contributed by atoms with Gasteiger partial charge in [-0.15, -0.1) is 0 Å². The van der Waals surface area contributed by atoms with Crippen molar-refractivity contribution in [2.24, 2.45) is 5.92 Å². The van der Waals surface area contributed by atoms with E-state index in [-0.39, 0.29) is 30.1 Å². The van der Waals surface area contributed by atoms with Crippen molar-refractivity contribution in [3.8, 4) is 0 Å². The average molecular weight is 380 g/mol. The standard InChI is InChI=1S/C22H41N3O2/c1-17(2)20(27)22(6)13-11-15-25(7)14-10-8-9-12-21(5,24-18(3)4)19(26)16-23-22/h8,10,17-18,23-24H,9,11-16H2,1-7H3/t21-,22+/m1/s1. The summed E-state index contributed by atoms with van der Waals surface area (Å²) in [6, 6.07) is 0.219. The van der Waals surface area contributed by atoms with Crippen LogP contribution in [0.5, 0.6) is 0 Å². The van der Waals surface area contributed by atoms with E-state index in [2.05, 4.69) is 48.6 Å². The van der Waals surface area contributed by atoms with Crippen LogP contribution in [0.1, 0.15) is 67.2 Å². The predicted molar refractivity (Wildman–Crippen MR) is 113 cm³/mol.